The van der Waals surface area contributed by atoms with Crippen LogP contribution in [0.5, 0.6) is 0 Å². The zero-order chi connectivity index (χ0) is 13.4. The summed E-state index contributed by atoms with van der Waals surface area (Å²) in [7, 11) is 3.51. The number of benzene rings is 1. The van der Waals surface area contributed by atoms with Crippen LogP contribution in [0.25, 0.3) is 0 Å². The number of amides is 1. The number of likely N-dealkylation sites (N-methyl/N-ethyl adjacent to an activating group) is 1. The van der Waals surface area contributed by atoms with Crippen molar-refractivity contribution in [2.45, 2.75) is 6.04 Å². The fourth-order valence-electron chi connectivity index (χ4n) is 1.54. The molecule has 0 heterocycles. The van der Waals surface area contributed by atoms with Crippen LogP contribution in [0.2, 0.25) is 0 Å². The molecule has 0 bridgehead atoms. The fraction of sp³-hybridized carbons (Fsp3) is 0.462. The van der Waals surface area contributed by atoms with E-state index in [0.29, 0.717) is 6.54 Å². The van der Waals surface area contributed by atoms with Crippen molar-refractivity contribution in [3.63, 3.8) is 0 Å². The second-order valence-electron chi connectivity index (χ2n) is 4.11. The maximum Gasteiger partial charge on any atom is 0.239 e. The highest BCUT2D eigenvalue weighted by Crippen LogP contribution is 2.09. The standard InChI is InChI=1S/C13H21N3O2.2ClH/c1-16(11-6-4-3-5-7-11)9-8-15-13(17)12(14)10-18-2;;/h3-7,12H,8-10,14H2,1-2H3,(H,15,17);2*1H. The lowest BCUT2D eigenvalue weighted by Gasteiger charge is -2.20. The number of para-hydroxylation sites is 1. The van der Waals surface area contributed by atoms with E-state index < -0.39 is 6.04 Å². The number of hydrogen-bond acceptors (Lipinski definition) is 4. The summed E-state index contributed by atoms with van der Waals surface area (Å²) in [6, 6.07) is 9.40. The average Bonchev–Trinajstić information content (AvgIpc) is 2.39. The zero-order valence-corrected chi connectivity index (χ0v) is 13.4. The molecule has 5 nitrogen and oxygen atoms in total. The van der Waals surface area contributed by atoms with Crippen LogP contribution in [0.1, 0.15) is 0 Å². The highest BCUT2D eigenvalue weighted by molar-refractivity contribution is 5.85. The van der Waals surface area contributed by atoms with Gasteiger partial charge in [-0.25, -0.2) is 0 Å². The number of carbonyl (C=O) groups is 1. The monoisotopic (exact) mass is 323 g/mol. The molecule has 7 heteroatoms. The Bertz CT molecular complexity index is 366. The minimum Gasteiger partial charge on any atom is -0.383 e. The van der Waals surface area contributed by atoms with Crippen molar-refractivity contribution in [1.82, 2.24) is 5.32 Å². The number of ether oxygens (including phenoxy) is 1. The summed E-state index contributed by atoms with van der Waals surface area (Å²) < 4.78 is 4.83. The van der Waals surface area contributed by atoms with Gasteiger partial charge in [0.25, 0.3) is 0 Å². The van der Waals surface area contributed by atoms with Crippen molar-refractivity contribution in [2.75, 3.05) is 38.8 Å². The maximum atomic E-state index is 11.5. The smallest absolute Gasteiger partial charge is 0.239 e. The fourth-order valence-corrected chi connectivity index (χ4v) is 1.54. The molecule has 0 saturated carbocycles. The van der Waals surface area contributed by atoms with E-state index in [9.17, 15) is 4.79 Å². The number of anilines is 1. The molecule has 0 spiro atoms. The number of halogens is 2. The van der Waals surface area contributed by atoms with Gasteiger partial charge in [-0.2, -0.15) is 0 Å². The van der Waals surface area contributed by atoms with Crippen molar-refractivity contribution in [1.29, 1.82) is 0 Å². The Morgan fingerprint density at radius 1 is 1.35 bits per heavy atom. The minimum atomic E-state index is -0.600. The molecule has 0 aromatic heterocycles. The van der Waals surface area contributed by atoms with Crippen LogP contribution >= 0.6 is 24.8 Å². The third-order valence-corrected chi connectivity index (χ3v) is 2.63. The predicted octanol–water partition coefficient (Wildman–Crippen LogP) is 1.06. The molecule has 1 amide bonds. The molecule has 1 unspecified atom stereocenters. The van der Waals surface area contributed by atoms with Gasteiger partial charge in [0.2, 0.25) is 5.91 Å². The van der Waals surface area contributed by atoms with Gasteiger partial charge >= 0.3 is 0 Å². The zero-order valence-electron chi connectivity index (χ0n) is 11.7. The number of nitrogens with two attached hydrogens (primary N) is 1. The summed E-state index contributed by atoms with van der Waals surface area (Å²) in [5.74, 6) is -0.182. The Hall–Kier alpha value is -1.01. The topological polar surface area (TPSA) is 67.6 Å². The largest absolute Gasteiger partial charge is 0.383 e. The summed E-state index contributed by atoms with van der Waals surface area (Å²) in [5, 5.41) is 2.78. The van der Waals surface area contributed by atoms with Gasteiger partial charge in [-0.05, 0) is 12.1 Å². The molecule has 20 heavy (non-hydrogen) atoms. The quantitative estimate of drug-likeness (QED) is 0.787. The van der Waals surface area contributed by atoms with Crippen LogP contribution in [-0.2, 0) is 9.53 Å². The van der Waals surface area contributed by atoms with E-state index in [1.54, 1.807) is 0 Å². The lowest BCUT2D eigenvalue weighted by Crippen LogP contribution is -2.45. The van der Waals surface area contributed by atoms with Gasteiger partial charge < -0.3 is 20.7 Å². The molecular weight excluding hydrogens is 301 g/mol. The van der Waals surface area contributed by atoms with Gasteiger partial charge in [0.15, 0.2) is 0 Å². The molecule has 1 aromatic carbocycles. The molecule has 0 aliphatic rings. The second kappa shape index (κ2) is 11.8. The van der Waals surface area contributed by atoms with E-state index in [1.165, 1.54) is 7.11 Å². The first-order valence-electron chi connectivity index (χ1n) is 5.93. The Kier molecular flexibility index (Phi) is 12.5. The number of carbonyl (C=O) groups excluding carboxylic acids is 1. The van der Waals surface area contributed by atoms with E-state index in [4.69, 9.17) is 10.5 Å². The summed E-state index contributed by atoms with van der Waals surface area (Å²) in [6.45, 7) is 1.53. The Labute approximate surface area is 132 Å². The van der Waals surface area contributed by atoms with Gasteiger partial charge in [0.1, 0.15) is 6.04 Å². The first-order valence-corrected chi connectivity index (χ1v) is 5.93. The Balaban J connectivity index is 0. The summed E-state index contributed by atoms with van der Waals surface area (Å²) in [6.07, 6.45) is 0. The molecule has 0 aliphatic carbocycles. The molecule has 1 atom stereocenters. The summed E-state index contributed by atoms with van der Waals surface area (Å²) >= 11 is 0. The van der Waals surface area contributed by atoms with Crippen LogP contribution in [0.3, 0.4) is 0 Å². The van der Waals surface area contributed by atoms with Crippen molar-refractivity contribution < 1.29 is 9.53 Å². The number of methoxy groups -OCH3 is 1. The first-order chi connectivity index (χ1) is 8.65. The molecule has 0 radical (unpaired) electrons. The van der Waals surface area contributed by atoms with Crippen LogP contribution in [-0.4, -0.2) is 45.8 Å². The van der Waals surface area contributed by atoms with E-state index in [2.05, 4.69) is 10.2 Å². The van der Waals surface area contributed by atoms with Gasteiger partial charge in [0.05, 0.1) is 6.61 Å². The molecular formula is C13H23Cl2N3O2. The van der Waals surface area contributed by atoms with Crippen molar-refractivity contribution >= 4 is 36.4 Å². The van der Waals surface area contributed by atoms with Gasteiger partial charge in [0, 0.05) is 32.9 Å². The van der Waals surface area contributed by atoms with Crippen LogP contribution < -0.4 is 16.0 Å². The maximum absolute atomic E-state index is 11.5. The van der Waals surface area contributed by atoms with Crippen LogP contribution in [0.4, 0.5) is 5.69 Å². The SMILES string of the molecule is COCC(N)C(=O)NCCN(C)c1ccccc1.Cl.Cl. The molecule has 116 valence electrons. The molecule has 0 fully saturated rings. The predicted molar refractivity (Wildman–Crippen MR) is 87.1 cm³/mol. The molecule has 1 aromatic rings. The number of hydrogen-bond donors (Lipinski definition) is 2. The minimum absolute atomic E-state index is 0. The van der Waals surface area contributed by atoms with Crippen LogP contribution in [0, 0.1) is 0 Å². The van der Waals surface area contributed by atoms with E-state index >= 15 is 0 Å². The Morgan fingerprint density at radius 2 is 1.95 bits per heavy atom. The molecule has 1 rings (SSSR count). The third-order valence-electron chi connectivity index (χ3n) is 2.63. The molecule has 3 N–H and O–H groups in total. The number of rotatable bonds is 7. The molecule has 0 saturated heterocycles. The van der Waals surface area contributed by atoms with E-state index in [-0.39, 0.29) is 37.3 Å². The van der Waals surface area contributed by atoms with Gasteiger partial charge in [-0.3, -0.25) is 4.79 Å². The third kappa shape index (κ3) is 7.55. The highest BCUT2D eigenvalue weighted by atomic mass is 35.5. The normalized spacial score (nSPS) is 10.8. The molecule has 0 aliphatic heterocycles. The number of nitrogens with zero attached hydrogens (tertiary/aromatic N) is 1. The van der Waals surface area contributed by atoms with Crippen molar-refractivity contribution in [2.24, 2.45) is 5.73 Å². The lowest BCUT2D eigenvalue weighted by molar-refractivity contribution is -0.123. The summed E-state index contributed by atoms with van der Waals surface area (Å²) in [4.78, 5) is 13.6. The number of nitrogens with one attached hydrogen (secondary N) is 1. The van der Waals surface area contributed by atoms with Crippen molar-refractivity contribution in [3.8, 4) is 0 Å². The second-order valence-corrected chi connectivity index (χ2v) is 4.11. The van der Waals surface area contributed by atoms with E-state index in [1.807, 2.05) is 37.4 Å². The van der Waals surface area contributed by atoms with Gasteiger partial charge in [-0.1, -0.05) is 18.2 Å². The summed E-state index contributed by atoms with van der Waals surface area (Å²) in [5.41, 5.74) is 6.72. The first kappa shape index (κ1) is 21.3. The van der Waals surface area contributed by atoms with E-state index in [0.717, 1.165) is 12.2 Å². The Morgan fingerprint density at radius 3 is 2.50 bits per heavy atom. The highest BCUT2D eigenvalue weighted by Gasteiger charge is 2.12. The van der Waals surface area contributed by atoms with Gasteiger partial charge in [-0.15, -0.1) is 24.8 Å². The lowest BCUT2D eigenvalue weighted by atomic mass is 10.3. The van der Waals surface area contributed by atoms with Crippen molar-refractivity contribution in [3.05, 3.63) is 30.3 Å². The van der Waals surface area contributed by atoms with Crippen LogP contribution in [0.15, 0.2) is 30.3 Å². The average molecular weight is 324 g/mol.